The van der Waals surface area contributed by atoms with Crippen molar-refractivity contribution in [3.8, 4) is 11.5 Å². The molecule has 0 aliphatic carbocycles. The predicted molar refractivity (Wildman–Crippen MR) is 91.1 cm³/mol. The summed E-state index contributed by atoms with van der Waals surface area (Å²) in [7, 11) is 3.20. The Labute approximate surface area is 135 Å². The van der Waals surface area contributed by atoms with Gasteiger partial charge >= 0.3 is 0 Å². The van der Waals surface area contributed by atoms with Crippen molar-refractivity contribution in [3.63, 3.8) is 0 Å². The fourth-order valence-corrected chi connectivity index (χ4v) is 2.36. The Morgan fingerprint density at radius 1 is 1.00 bits per heavy atom. The van der Waals surface area contributed by atoms with Gasteiger partial charge in [-0.05, 0) is 54.3 Å². The number of benzene rings is 2. The molecule has 0 aliphatic rings. The molecule has 0 aliphatic heterocycles. The van der Waals surface area contributed by atoms with Gasteiger partial charge in [0.25, 0.3) is 0 Å². The van der Waals surface area contributed by atoms with Crippen LogP contribution in [-0.4, -0.2) is 26.3 Å². The maximum absolute atomic E-state index is 12.2. The summed E-state index contributed by atoms with van der Waals surface area (Å²) in [6.45, 7) is 0. The minimum absolute atomic E-state index is 0.0329. The van der Waals surface area contributed by atoms with Crippen LogP contribution in [0.4, 0.5) is 0 Å². The highest BCUT2D eigenvalue weighted by Gasteiger charge is 2.03. The van der Waals surface area contributed by atoms with Crippen LogP contribution in [0.15, 0.2) is 53.4 Å². The van der Waals surface area contributed by atoms with Gasteiger partial charge in [-0.2, -0.15) is 0 Å². The monoisotopic (exact) mass is 314 g/mol. The molecular formula is C18H18O3S. The Bertz CT molecular complexity index is 653. The second-order valence-electron chi connectivity index (χ2n) is 4.57. The molecule has 0 bridgehead atoms. The lowest BCUT2D eigenvalue weighted by Gasteiger charge is -2.05. The van der Waals surface area contributed by atoms with E-state index in [-0.39, 0.29) is 5.78 Å². The molecule has 3 nitrogen and oxygen atoms in total. The van der Waals surface area contributed by atoms with E-state index in [1.807, 2.05) is 42.7 Å². The zero-order valence-corrected chi connectivity index (χ0v) is 13.6. The van der Waals surface area contributed by atoms with Gasteiger partial charge in [0.1, 0.15) is 11.5 Å². The van der Waals surface area contributed by atoms with Gasteiger partial charge in [0.2, 0.25) is 0 Å². The maximum Gasteiger partial charge on any atom is 0.185 e. The number of allylic oxidation sites excluding steroid dienone is 1. The topological polar surface area (TPSA) is 35.5 Å². The van der Waals surface area contributed by atoms with E-state index in [0.29, 0.717) is 17.1 Å². The Kier molecular flexibility index (Phi) is 5.67. The van der Waals surface area contributed by atoms with Gasteiger partial charge in [-0.3, -0.25) is 4.79 Å². The van der Waals surface area contributed by atoms with Gasteiger partial charge < -0.3 is 9.47 Å². The van der Waals surface area contributed by atoms with Crippen molar-refractivity contribution >= 4 is 23.6 Å². The molecule has 2 aromatic carbocycles. The number of thioether (sulfide) groups is 1. The van der Waals surface area contributed by atoms with Gasteiger partial charge in [0.05, 0.1) is 14.2 Å². The van der Waals surface area contributed by atoms with Crippen LogP contribution < -0.4 is 9.47 Å². The van der Waals surface area contributed by atoms with E-state index in [2.05, 4.69) is 0 Å². The first kappa shape index (κ1) is 16.2. The number of ketones is 1. The third-order valence-electron chi connectivity index (χ3n) is 3.18. The average Bonchev–Trinajstić information content (AvgIpc) is 2.59. The van der Waals surface area contributed by atoms with E-state index < -0.39 is 0 Å². The number of ether oxygens (including phenoxy) is 2. The first-order valence-electron chi connectivity index (χ1n) is 6.76. The molecule has 0 N–H and O–H groups in total. The molecule has 4 heteroatoms. The van der Waals surface area contributed by atoms with E-state index in [0.717, 1.165) is 10.5 Å². The highest BCUT2D eigenvalue weighted by molar-refractivity contribution is 7.98. The summed E-state index contributed by atoms with van der Waals surface area (Å²) >= 11 is 1.65. The highest BCUT2D eigenvalue weighted by Crippen LogP contribution is 2.23. The third kappa shape index (κ3) is 4.15. The van der Waals surface area contributed by atoms with Crippen LogP contribution in [-0.2, 0) is 0 Å². The van der Waals surface area contributed by atoms with Gasteiger partial charge in [-0.1, -0.05) is 6.08 Å². The lowest BCUT2D eigenvalue weighted by molar-refractivity contribution is 0.104. The van der Waals surface area contributed by atoms with Crippen molar-refractivity contribution in [2.75, 3.05) is 20.5 Å². The highest BCUT2D eigenvalue weighted by atomic mass is 32.2. The third-order valence-corrected chi connectivity index (χ3v) is 3.92. The van der Waals surface area contributed by atoms with Crippen molar-refractivity contribution in [2.24, 2.45) is 0 Å². The standard InChI is InChI=1S/C18H18O3S/c1-20-15-10-13(11-16(12-15)21-2)4-9-18(19)14-5-7-17(22-3)8-6-14/h4-12H,1-3H3/b9-4+. The molecule has 0 saturated carbocycles. The van der Waals surface area contributed by atoms with Crippen molar-refractivity contribution in [1.29, 1.82) is 0 Å². The molecule has 0 heterocycles. The predicted octanol–water partition coefficient (Wildman–Crippen LogP) is 4.32. The number of rotatable bonds is 6. The fraction of sp³-hybridized carbons (Fsp3) is 0.167. The number of carbonyl (C=O) groups excluding carboxylic acids is 1. The van der Waals surface area contributed by atoms with Crippen molar-refractivity contribution in [1.82, 2.24) is 0 Å². The minimum atomic E-state index is -0.0329. The van der Waals surface area contributed by atoms with Crippen molar-refractivity contribution in [2.45, 2.75) is 4.90 Å². The lowest BCUT2D eigenvalue weighted by Crippen LogP contribution is -1.94. The summed E-state index contributed by atoms with van der Waals surface area (Å²) in [6.07, 6.45) is 5.32. The zero-order valence-electron chi connectivity index (χ0n) is 12.8. The molecule has 2 aromatic rings. The van der Waals surface area contributed by atoms with Crippen LogP contribution in [0.25, 0.3) is 6.08 Å². The number of methoxy groups -OCH3 is 2. The van der Waals surface area contributed by atoms with Crippen molar-refractivity contribution < 1.29 is 14.3 Å². The molecule has 0 spiro atoms. The molecule has 0 unspecified atom stereocenters. The van der Waals surface area contributed by atoms with Gasteiger partial charge in [0, 0.05) is 16.5 Å². The van der Waals surface area contributed by atoms with Crippen LogP contribution in [0.2, 0.25) is 0 Å². The largest absolute Gasteiger partial charge is 0.497 e. The van der Waals surface area contributed by atoms with E-state index in [9.17, 15) is 4.79 Å². The van der Waals surface area contributed by atoms with Gasteiger partial charge in [-0.25, -0.2) is 0 Å². The minimum Gasteiger partial charge on any atom is -0.497 e. The Balaban J connectivity index is 2.17. The van der Waals surface area contributed by atoms with Gasteiger partial charge in [0.15, 0.2) is 5.78 Å². The molecule has 22 heavy (non-hydrogen) atoms. The first-order valence-corrected chi connectivity index (χ1v) is 7.98. The summed E-state index contributed by atoms with van der Waals surface area (Å²) in [5.41, 5.74) is 1.52. The lowest BCUT2D eigenvalue weighted by atomic mass is 10.1. The van der Waals surface area contributed by atoms with E-state index in [1.165, 1.54) is 0 Å². The van der Waals surface area contributed by atoms with E-state index in [4.69, 9.17) is 9.47 Å². The molecule has 0 aromatic heterocycles. The van der Waals surface area contributed by atoms with Crippen LogP contribution in [0.1, 0.15) is 15.9 Å². The van der Waals surface area contributed by atoms with E-state index >= 15 is 0 Å². The summed E-state index contributed by atoms with van der Waals surface area (Å²) in [5, 5.41) is 0. The molecule has 0 fully saturated rings. The summed E-state index contributed by atoms with van der Waals surface area (Å²) in [4.78, 5) is 13.3. The average molecular weight is 314 g/mol. The fourth-order valence-electron chi connectivity index (χ4n) is 1.95. The zero-order chi connectivity index (χ0) is 15.9. The second kappa shape index (κ2) is 7.71. The number of carbonyl (C=O) groups is 1. The van der Waals surface area contributed by atoms with Crippen LogP contribution >= 0.6 is 11.8 Å². The Hall–Kier alpha value is -2.20. The molecular weight excluding hydrogens is 296 g/mol. The van der Waals surface area contributed by atoms with Gasteiger partial charge in [-0.15, -0.1) is 11.8 Å². The van der Waals surface area contributed by atoms with Crippen LogP contribution in [0, 0.1) is 0 Å². The molecule has 0 atom stereocenters. The first-order chi connectivity index (χ1) is 10.7. The molecule has 114 valence electrons. The molecule has 0 amide bonds. The number of hydrogen-bond acceptors (Lipinski definition) is 4. The summed E-state index contributed by atoms with van der Waals surface area (Å²) in [5.74, 6) is 1.35. The SMILES string of the molecule is COc1cc(/C=C/C(=O)c2ccc(SC)cc2)cc(OC)c1. The molecule has 0 saturated heterocycles. The smallest absolute Gasteiger partial charge is 0.185 e. The number of hydrogen-bond donors (Lipinski definition) is 0. The van der Waals surface area contributed by atoms with Crippen LogP contribution in [0.5, 0.6) is 11.5 Å². The van der Waals surface area contributed by atoms with E-state index in [1.54, 1.807) is 44.2 Å². The van der Waals surface area contributed by atoms with Crippen LogP contribution in [0.3, 0.4) is 0 Å². The normalized spacial score (nSPS) is 10.7. The summed E-state index contributed by atoms with van der Waals surface area (Å²) in [6, 6.07) is 13.1. The van der Waals surface area contributed by atoms with Crippen molar-refractivity contribution in [3.05, 3.63) is 59.7 Å². The molecule has 2 rings (SSSR count). The Morgan fingerprint density at radius 3 is 2.09 bits per heavy atom. The second-order valence-corrected chi connectivity index (χ2v) is 5.45. The Morgan fingerprint density at radius 2 is 1.59 bits per heavy atom. The summed E-state index contributed by atoms with van der Waals surface area (Å²) < 4.78 is 10.4. The quantitative estimate of drug-likeness (QED) is 0.452. The maximum atomic E-state index is 12.2. The molecule has 0 radical (unpaired) electrons.